The highest BCUT2D eigenvalue weighted by Gasteiger charge is 2.16. The van der Waals surface area contributed by atoms with E-state index in [2.05, 4.69) is 27.9 Å². The molecule has 0 aliphatic carbocycles. The Bertz CT molecular complexity index is 864. The van der Waals surface area contributed by atoms with Crippen LogP contribution < -0.4 is 10.8 Å². The summed E-state index contributed by atoms with van der Waals surface area (Å²) in [6, 6.07) is 13.5. The number of hydrogen-bond acceptors (Lipinski definition) is 3. The minimum Gasteiger partial charge on any atom is -0.355 e. The SMILES string of the molecule is O=C(NO)c1cc(-n2cccc2)c(F)cc1Nc1ccc(I)cc1. The molecule has 3 rings (SSSR count). The van der Waals surface area contributed by atoms with Gasteiger partial charge in [0.25, 0.3) is 5.91 Å². The number of aromatic nitrogens is 1. The van der Waals surface area contributed by atoms with Crippen molar-refractivity contribution < 1.29 is 14.4 Å². The zero-order valence-electron chi connectivity index (χ0n) is 12.3. The number of nitrogens with one attached hydrogen (secondary N) is 2. The van der Waals surface area contributed by atoms with Gasteiger partial charge in [0.05, 0.1) is 16.9 Å². The summed E-state index contributed by atoms with van der Waals surface area (Å²) < 4.78 is 17.1. The van der Waals surface area contributed by atoms with Crippen LogP contribution in [0.3, 0.4) is 0 Å². The van der Waals surface area contributed by atoms with Crippen molar-refractivity contribution in [3.05, 3.63) is 75.9 Å². The summed E-state index contributed by atoms with van der Waals surface area (Å²) >= 11 is 2.18. The molecule has 0 saturated heterocycles. The van der Waals surface area contributed by atoms with Crippen molar-refractivity contribution >= 4 is 39.9 Å². The van der Waals surface area contributed by atoms with Crippen LogP contribution in [-0.2, 0) is 0 Å². The molecule has 3 aromatic rings. The maximum absolute atomic E-state index is 14.5. The summed E-state index contributed by atoms with van der Waals surface area (Å²) in [6.45, 7) is 0. The average Bonchev–Trinajstić information content (AvgIpc) is 3.11. The molecule has 0 aliphatic rings. The van der Waals surface area contributed by atoms with Gasteiger partial charge in [0.15, 0.2) is 0 Å². The van der Waals surface area contributed by atoms with E-state index in [1.54, 1.807) is 34.6 Å². The molecule has 0 unspecified atom stereocenters. The second-order valence-corrected chi connectivity index (χ2v) is 6.26. The molecule has 0 bridgehead atoms. The first-order valence-electron chi connectivity index (χ1n) is 7.02. The molecular weight excluding hydrogens is 424 g/mol. The number of carbonyl (C=O) groups is 1. The van der Waals surface area contributed by atoms with Crippen LogP contribution in [0, 0.1) is 9.39 Å². The largest absolute Gasteiger partial charge is 0.355 e. The topological polar surface area (TPSA) is 66.3 Å². The fraction of sp³-hybridized carbons (Fsp3) is 0. The van der Waals surface area contributed by atoms with Gasteiger partial charge in [-0.25, -0.2) is 9.87 Å². The average molecular weight is 437 g/mol. The summed E-state index contributed by atoms with van der Waals surface area (Å²) in [7, 11) is 0. The zero-order chi connectivity index (χ0) is 17.1. The summed E-state index contributed by atoms with van der Waals surface area (Å²) in [5.74, 6) is -1.22. The Hall–Kier alpha value is -2.39. The number of amides is 1. The van der Waals surface area contributed by atoms with Gasteiger partial charge in [0, 0.05) is 27.7 Å². The van der Waals surface area contributed by atoms with Crippen LogP contribution in [0.15, 0.2) is 60.9 Å². The number of rotatable bonds is 4. The Labute approximate surface area is 151 Å². The van der Waals surface area contributed by atoms with E-state index in [-0.39, 0.29) is 16.9 Å². The number of halogens is 2. The molecule has 1 heterocycles. The third-order valence-corrected chi connectivity index (χ3v) is 4.16. The van der Waals surface area contributed by atoms with Gasteiger partial charge in [-0.2, -0.15) is 0 Å². The lowest BCUT2D eigenvalue weighted by molar-refractivity contribution is 0.0707. The zero-order valence-corrected chi connectivity index (χ0v) is 14.5. The molecule has 0 spiro atoms. The van der Waals surface area contributed by atoms with E-state index in [9.17, 15) is 9.18 Å². The number of hydrogen-bond donors (Lipinski definition) is 3. The van der Waals surface area contributed by atoms with Gasteiger partial charge in [0.2, 0.25) is 0 Å². The highest BCUT2D eigenvalue weighted by molar-refractivity contribution is 14.1. The van der Waals surface area contributed by atoms with Crippen molar-refractivity contribution in [3.8, 4) is 5.69 Å². The summed E-state index contributed by atoms with van der Waals surface area (Å²) in [5, 5.41) is 12.0. The van der Waals surface area contributed by atoms with Crippen LogP contribution in [0.4, 0.5) is 15.8 Å². The highest BCUT2D eigenvalue weighted by Crippen LogP contribution is 2.27. The first kappa shape index (κ1) is 16.5. The Morgan fingerprint density at radius 2 is 1.79 bits per heavy atom. The summed E-state index contributed by atoms with van der Waals surface area (Å²) in [6.07, 6.45) is 3.34. The van der Waals surface area contributed by atoms with Gasteiger partial charge in [-0.3, -0.25) is 10.0 Å². The molecule has 0 saturated carbocycles. The highest BCUT2D eigenvalue weighted by atomic mass is 127. The van der Waals surface area contributed by atoms with E-state index < -0.39 is 11.7 Å². The second-order valence-electron chi connectivity index (χ2n) is 5.01. The number of benzene rings is 2. The second kappa shape index (κ2) is 7.02. The monoisotopic (exact) mass is 437 g/mol. The lowest BCUT2D eigenvalue weighted by Crippen LogP contribution is -2.20. The minimum absolute atomic E-state index is 0.126. The molecule has 0 radical (unpaired) electrons. The number of carbonyl (C=O) groups excluding carboxylic acids is 1. The summed E-state index contributed by atoms with van der Waals surface area (Å²) in [4.78, 5) is 12.0. The van der Waals surface area contributed by atoms with Crippen molar-refractivity contribution in [1.82, 2.24) is 10.0 Å². The third-order valence-electron chi connectivity index (χ3n) is 3.44. The third kappa shape index (κ3) is 3.41. The Balaban J connectivity index is 2.06. The quantitative estimate of drug-likeness (QED) is 0.328. The molecule has 1 aromatic heterocycles. The van der Waals surface area contributed by atoms with E-state index in [1.807, 2.05) is 24.3 Å². The molecule has 0 atom stereocenters. The molecule has 2 aromatic carbocycles. The molecule has 5 nitrogen and oxygen atoms in total. The predicted molar refractivity (Wildman–Crippen MR) is 97.4 cm³/mol. The van der Waals surface area contributed by atoms with Gasteiger partial charge in [-0.15, -0.1) is 0 Å². The van der Waals surface area contributed by atoms with Crippen molar-refractivity contribution in [2.24, 2.45) is 0 Å². The Morgan fingerprint density at radius 1 is 1.12 bits per heavy atom. The first-order valence-corrected chi connectivity index (χ1v) is 8.10. The maximum atomic E-state index is 14.5. The Morgan fingerprint density at radius 3 is 2.42 bits per heavy atom. The maximum Gasteiger partial charge on any atom is 0.276 e. The number of anilines is 2. The number of nitrogens with zero attached hydrogens (tertiary/aromatic N) is 1. The lowest BCUT2D eigenvalue weighted by Gasteiger charge is -2.14. The molecule has 0 aliphatic heterocycles. The smallest absolute Gasteiger partial charge is 0.276 e. The van der Waals surface area contributed by atoms with Gasteiger partial charge in [-0.05, 0) is 65.1 Å². The van der Waals surface area contributed by atoms with Crippen molar-refractivity contribution in [2.75, 3.05) is 5.32 Å². The van der Waals surface area contributed by atoms with Crippen molar-refractivity contribution in [1.29, 1.82) is 0 Å². The molecule has 3 N–H and O–H groups in total. The van der Waals surface area contributed by atoms with E-state index >= 15 is 0 Å². The van der Waals surface area contributed by atoms with Crippen LogP contribution in [-0.4, -0.2) is 15.7 Å². The Kier molecular flexibility index (Phi) is 4.81. The van der Waals surface area contributed by atoms with Crippen LogP contribution in [0.25, 0.3) is 5.69 Å². The molecule has 0 fully saturated rings. The van der Waals surface area contributed by atoms with Crippen molar-refractivity contribution in [2.45, 2.75) is 0 Å². The normalized spacial score (nSPS) is 10.5. The fourth-order valence-corrected chi connectivity index (χ4v) is 2.65. The van der Waals surface area contributed by atoms with E-state index in [4.69, 9.17) is 5.21 Å². The number of hydroxylamine groups is 1. The minimum atomic E-state index is -0.726. The van der Waals surface area contributed by atoms with E-state index in [0.717, 1.165) is 3.57 Å². The van der Waals surface area contributed by atoms with Gasteiger partial charge < -0.3 is 9.88 Å². The molecule has 1 amide bonds. The summed E-state index contributed by atoms with van der Waals surface area (Å²) in [5.41, 5.74) is 2.90. The first-order chi connectivity index (χ1) is 11.6. The van der Waals surface area contributed by atoms with Crippen LogP contribution >= 0.6 is 22.6 Å². The van der Waals surface area contributed by atoms with Crippen molar-refractivity contribution in [3.63, 3.8) is 0 Å². The standard InChI is InChI=1S/C17H13FIN3O2/c18-14-10-15(20-12-5-3-11(19)4-6-12)13(17(23)21-24)9-16(14)22-7-1-2-8-22/h1-10,20,24H,(H,21,23). The fourth-order valence-electron chi connectivity index (χ4n) is 2.30. The molecule has 7 heteroatoms. The van der Waals surface area contributed by atoms with E-state index in [0.29, 0.717) is 5.69 Å². The van der Waals surface area contributed by atoms with Crippen LogP contribution in [0.1, 0.15) is 10.4 Å². The molecular formula is C17H13FIN3O2. The molecule has 24 heavy (non-hydrogen) atoms. The van der Waals surface area contributed by atoms with E-state index in [1.165, 1.54) is 12.1 Å². The van der Waals surface area contributed by atoms with Gasteiger partial charge >= 0.3 is 0 Å². The molecule has 122 valence electrons. The van der Waals surface area contributed by atoms with Gasteiger partial charge in [-0.1, -0.05) is 0 Å². The predicted octanol–water partition coefficient (Wildman–Crippen LogP) is 4.08. The lowest BCUT2D eigenvalue weighted by atomic mass is 10.1. The van der Waals surface area contributed by atoms with Crippen LogP contribution in [0.2, 0.25) is 0 Å². The van der Waals surface area contributed by atoms with Gasteiger partial charge in [0.1, 0.15) is 5.82 Å². The van der Waals surface area contributed by atoms with Crippen LogP contribution in [0.5, 0.6) is 0 Å².